The Morgan fingerprint density at radius 3 is 2.63 bits per heavy atom. The second kappa shape index (κ2) is 12.4. The van der Waals surface area contributed by atoms with Crippen LogP contribution in [0.15, 0.2) is 53.7 Å². The van der Waals surface area contributed by atoms with Gasteiger partial charge in [-0.3, -0.25) is 4.99 Å². The number of nitrogens with zero attached hydrogens (tertiary/aromatic N) is 1. The van der Waals surface area contributed by atoms with Gasteiger partial charge in [0, 0.05) is 44.3 Å². The molecule has 0 aliphatic rings. The standard InChI is InChI=1S/C22H27FN4O2.HI/c1-24-22(27-14-16-3-6-19(7-4-16)29-12-11-28-2)25-10-9-17-15-26-21-13-18(23)5-8-20(17)21;/h3-8,13,15,26H,9-12,14H2,1-2H3,(H2,24,25,27);1H. The van der Waals surface area contributed by atoms with Gasteiger partial charge < -0.3 is 25.1 Å². The van der Waals surface area contributed by atoms with E-state index >= 15 is 0 Å². The first-order valence-corrected chi connectivity index (χ1v) is 9.60. The fourth-order valence-electron chi connectivity index (χ4n) is 3.03. The van der Waals surface area contributed by atoms with Crippen LogP contribution in [0.1, 0.15) is 11.1 Å². The number of aliphatic imine (C=N–C) groups is 1. The molecule has 6 nitrogen and oxygen atoms in total. The molecule has 30 heavy (non-hydrogen) atoms. The highest BCUT2D eigenvalue weighted by atomic mass is 127. The van der Waals surface area contributed by atoms with E-state index < -0.39 is 0 Å². The van der Waals surface area contributed by atoms with Crippen molar-refractivity contribution in [2.75, 3.05) is 33.9 Å². The smallest absolute Gasteiger partial charge is 0.191 e. The van der Waals surface area contributed by atoms with Crippen molar-refractivity contribution in [3.05, 3.63) is 65.6 Å². The fourth-order valence-corrected chi connectivity index (χ4v) is 3.03. The quantitative estimate of drug-likeness (QED) is 0.172. The summed E-state index contributed by atoms with van der Waals surface area (Å²) in [7, 11) is 3.40. The second-order valence-electron chi connectivity index (χ2n) is 6.59. The highest BCUT2D eigenvalue weighted by Gasteiger charge is 2.05. The Morgan fingerprint density at radius 2 is 1.90 bits per heavy atom. The molecular formula is C22H28FIN4O2. The fraction of sp³-hybridized carbons (Fsp3) is 0.318. The van der Waals surface area contributed by atoms with Crippen molar-refractivity contribution in [3.63, 3.8) is 0 Å². The van der Waals surface area contributed by atoms with Crippen LogP contribution in [0.25, 0.3) is 10.9 Å². The first-order chi connectivity index (χ1) is 14.2. The number of nitrogens with one attached hydrogen (secondary N) is 3. The summed E-state index contributed by atoms with van der Waals surface area (Å²) < 4.78 is 23.8. The number of benzene rings is 2. The molecule has 0 unspecified atom stereocenters. The Kier molecular flexibility index (Phi) is 9.88. The Hall–Kier alpha value is -2.33. The van der Waals surface area contributed by atoms with Crippen LogP contribution in [0.4, 0.5) is 4.39 Å². The third kappa shape index (κ3) is 6.88. The Balaban J connectivity index is 0.00000320. The predicted octanol–water partition coefficient (Wildman–Crippen LogP) is 3.86. The van der Waals surface area contributed by atoms with Crippen molar-refractivity contribution in [1.82, 2.24) is 15.6 Å². The molecule has 3 rings (SSSR count). The minimum Gasteiger partial charge on any atom is -0.491 e. The second-order valence-corrected chi connectivity index (χ2v) is 6.59. The first kappa shape index (κ1) is 23.9. The van der Waals surface area contributed by atoms with E-state index in [0.717, 1.165) is 46.7 Å². The number of aromatic amines is 1. The molecule has 2 aromatic carbocycles. The molecule has 0 aliphatic carbocycles. The lowest BCUT2D eigenvalue weighted by Gasteiger charge is -2.12. The van der Waals surface area contributed by atoms with Gasteiger partial charge in [0.25, 0.3) is 0 Å². The van der Waals surface area contributed by atoms with Crippen molar-refractivity contribution < 1.29 is 13.9 Å². The van der Waals surface area contributed by atoms with Gasteiger partial charge in [0.1, 0.15) is 18.2 Å². The molecule has 8 heteroatoms. The van der Waals surface area contributed by atoms with Gasteiger partial charge in [-0.15, -0.1) is 24.0 Å². The predicted molar refractivity (Wildman–Crippen MR) is 129 cm³/mol. The zero-order valence-electron chi connectivity index (χ0n) is 17.2. The Labute approximate surface area is 193 Å². The molecule has 3 aromatic rings. The summed E-state index contributed by atoms with van der Waals surface area (Å²) in [5, 5.41) is 7.66. The maximum absolute atomic E-state index is 13.3. The summed E-state index contributed by atoms with van der Waals surface area (Å²) in [5.41, 5.74) is 3.09. The van der Waals surface area contributed by atoms with Gasteiger partial charge in [-0.1, -0.05) is 12.1 Å². The van der Waals surface area contributed by atoms with E-state index in [1.807, 2.05) is 36.5 Å². The van der Waals surface area contributed by atoms with E-state index in [4.69, 9.17) is 9.47 Å². The van der Waals surface area contributed by atoms with Gasteiger partial charge in [0.2, 0.25) is 0 Å². The Bertz CT molecular complexity index is 944. The zero-order chi connectivity index (χ0) is 20.5. The van der Waals surface area contributed by atoms with E-state index in [2.05, 4.69) is 20.6 Å². The number of ether oxygens (including phenoxy) is 2. The highest BCUT2D eigenvalue weighted by molar-refractivity contribution is 14.0. The normalized spacial score (nSPS) is 11.2. The minimum absolute atomic E-state index is 0. The van der Waals surface area contributed by atoms with Gasteiger partial charge in [0.05, 0.1) is 6.61 Å². The molecular weight excluding hydrogens is 498 g/mol. The van der Waals surface area contributed by atoms with Crippen molar-refractivity contribution >= 4 is 40.8 Å². The van der Waals surface area contributed by atoms with Gasteiger partial charge in [-0.2, -0.15) is 0 Å². The molecule has 1 heterocycles. The lowest BCUT2D eigenvalue weighted by molar-refractivity contribution is 0.146. The molecule has 0 radical (unpaired) electrons. The van der Waals surface area contributed by atoms with Gasteiger partial charge in [0.15, 0.2) is 5.96 Å². The number of hydrogen-bond acceptors (Lipinski definition) is 3. The summed E-state index contributed by atoms with van der Waals surface area (Å²) in [5.74, 6) is 1.33. The minimum atomic E-state index is -0.233. The number of halogens is 2. The van der Waals surface area contributed by atoms with Crippen LogP contribution in [0.2, 0.25) is 0 Å². The van der Waals surface area contributed by atoms with E-state index in [-0.39, 0.29) is 29.8 Å². The molecule has 1 aromatic heterocycles. The summed E-state index contributed by atoms with van der Waals surface area (Å²) >= 11 is 0. The Morgan fingerprint density at radius 1 is 1.10 bits per heavy atom. The van der Waals surface area contributed by atoms with Crippen LogP contribution >= 0.6 is 24.0 Å². The first-order valence-electron chi connectivity index (χ1n) is 9.60. The van der Waals surface area contributed by atoms with Gasteiger partial charge in [-0.05, 0) is 47.9 Å². The number of fused-ring (bicyclic) bond motifs is 1. The molecule has 0 fully saturated rings. The van der Waals surface area contributed by atoms with Crippen LogP contribution in [-0.2, 0) is 17.7 Å². The van der Waals surface area contributed by atoms with Gasteiger partial charge >= 0.3 is 0 Å². The molecule has 0 amide bonds. The van der Waals surface area contributed by atoms with Gasteiger partial charge in [-0.25, -0.2) is 4.39 Å². The summed E-state index contributed by atoms with van der Waals surface area (Å²) in [6.45, 7) is 2.48. The van der Waals surface area contributed by atoms with Crippen LogP contribution in [0.5, 0.6) is 5.75 Å². The number of methoxy groups -OCH3 is 1. The average molecular weight is 526 g/mol. The number of H-pyrrole nitrogens is 1. The lowest BCUT2D eigenvalue weighted by Crippen LogP contribution is -2.37. The molecule has 0 saturated carbocycles. The summed E-state index contributed by atoms with van der Waals surface area (Å²) in [6.07, 6.45) is 2.73. The maximum Gasteiger partial charge on any atom is 0.191 e. The molecule has 0 bridgehead atoms. The summed E-state index contributed by atoms with van der Waals surface area (Å²) in [4.78, 5) is 7.38. The maximum atomic E-state index is 13.3. The van der Waals surface area contributed by atoms with Crippen molar-refractivity contribution in [2.45, 2.75) is 13.0 Å². The lowest BCUT2D eigenvalue weighted by atomic mass is 10.1. The van der Waals surface area contributed by atoms with Crippen LogP contribution in [0, 0.1) is 5.82 Å². The third-order valence-electron chi connectivity index (χ3n) is 4.58. The zero-order valence-corrected chi connectivity index (χ0v) is 19.5. The number of guanidine groups is 1. The topological polar surface area (TPSA) is 70.7 Å². The van der Waals surface area contributed by atoms with E-state index in [9.17, 15) is 4.39 Å². The highest BCUT2D eigenvalue weighted by Crippen LogP contribution is 2.19. The molecule has 0 spiro atoms. The summed E-state index contributed by atoms with van der Waals surface area (Å²) in [6, 6.07) is 12.8. The van der Waals surface area contributed by atoms with Crippen molar-refractivity contribution in [1.29, 1.82) is 0 Å². The molecule has 0 saturated heterocycles. The van der Waals surface area contributed by atoms with Crippen molar-refractivity contribution in [3.8, 4) is 5.75 Å². The average Bonchev–Trinajstić information content (AvgIpc) is 3.13. The number of hydrogen-bond donors (Lipinski definition) is 3. The molecule has 0 aliphatic heterocycles. The number of rotatable bonds is 9. The van der Waals surface area contributed by atoms with E-state index in [1.165, 1.54) is 12.1 Å². The monoisotopic (exact) mass is 526 g/mol. The van der Waals surface area contributed by atoms with Crippen molar-refractivity contribution in [2.24, 2.45) is 4.99 Å². The molecule has 3 N–H and O–H groups in total. The number of aromatic nitrogens is 1. The molecule has 162 valence electrons. The largest absolute Gasteiger partial charge is 0.491 e. The van der Waals surface area contributed by atoms with E-state index in [1.54, 1.807) is 14.2 Å². The molecule has 0 atom stereocenters. The van der Waals surface area contributed by atoms with Crippen LogP contribution in [-0.4, -0.2) is 44.9 Å². The SMILES string of the molecule is CN=C(NCCc1c[nH]c2cc(F)ccc12)NCc1ccc(OCCOC)cc1.I. The third-order valence-corrected chi connectivity index (χ3v) is 4.58. The van der Waals surface area contributed by atoms with E-state index in [0.29, 0.717) is 19.8 Å². The van der Waals surface area contributed by atoms with Crippen LogP contribution in [0.3, 0.4) is 0 Å². The van der Waals surface area contributed by atoms with Crippen LogP contribution < -0.4 is 15.4 Å².